The lowest BCUT2D eigenvalue weighted by Gasteiger charge is -2.05. The fraction of sp³-hybridized carbons (Fsp3) is 0. The predicted octanol–water partition coefficient (Wildman–Crippen LogP) is 4.06. The highest BCUT2D eigenvalue weighted by atomic mass is 32.1. The third-order valence-electron chi connectivity index (χ3n) is 3.79. The van der Waals surface area contributed by atoms with Crippen LogP contribution in [0.25, 0.3) is 32.5 Å². The zero-order valence-corrected chi connectivity index (χ0v) is 12.9. The fourth-order valence-corrected chi connectivity index (χ4v) is 3.60. The number of primary amides is 1. The van der Waals surface area contributed by atoms with Gasteiger partial charge < -0.3 is 5.73 Å². The van der Waals surface area contributed by atoms with E-state index < -0.39 is 5.91 Å². The van der Waals surface area contributed by atoms with Crippen LogP contribution in [0, 0.1) is 0 Å². The van der Waals surface area contributed by atoms with Crippen molar-refractivity contribution < 1.29 is 4.79 Å². The van der Waals surface area contributed by atoms with Crippen LogP contribution >= 0.6 is 11.3 Å². The second-order valence-corrected chi connectivity index (χ2v) is 6.17. The molecule has 4 aromatic rings. The van der Waals surface area contributed by atoms with Crippen LogP contribution in [-0.4, -0.2) is 16.1 Å². The number of aromatic amines is 1. The molecule has 0 unspecified atom stereocenters. The minimum Gasteiger partial charge on any atom is -0.364 e. The van der Waals surface area contributed by atoms with Crippen molar-refractivity contribution in [1.29, 1.82) is 0 Å². The van der Waals surface area contributed by atoms with Gasteiger partial charge in [-0.3, -0.25) is 9.89 Å². The average Bonchev–Trinajstić information content (AvgIpc) is 3.24. The number of H-pyrrole nitrogens is 1. The summed E-state index contributed by atoms with van der Waals surface area (Å²) >= 11 is 1.74. The molecule has 2 heterocycles. The lowest BCUT2D eigenvalue weighted by molar-refractivity contribution is 0.0995. The number of amides is 1. The molecule has 0 aliphatic rings. The number of carbonyl (C=O) groups excluding carboxylic acids is 1. The molecule has 2 aromatic heterocycles. The van der Waals surface area contributed by atoms with Crippen LogP contribution in [0.3, 0.4) is 0 Å². The van der Waals surface area contributed by atoms with E-state index in [1.54, 1.807) is 17.4 Å². The number of hydrogen-bond acceptors (Lipinski definition) is 3. The standard InChI is InChI=1S/C18H13N3OS/c19-18(22)16-10-15(20-21-16)13-5-1-4-12(9-13)14-6-2-3-11-7-8-23-17(11)14/h1-10H,(H2,19,22)(H,20,21). The quantitative estimate of drug-likeness (QED) is 0.598. The van der Waals surface area contributed by atoms with Gasteiger partial charge in [-0.05, 0) is 40.1 Å². The molecule has 0 aliphatic heterocycles. The SMILES string of the molecule is NC(=O)c1cc(-c2cccc(-c3cccc4ccsc34)c2)n[nH]1. The molecule has 5 heteroatoms. The Labute approximate surface area is 136 Å². The van der Waals surface area contributed by atoms with Crippen molar-refractivity contribution in [3.8, 4) is 22.4 Å². The molecule has 112 valence electrons. The highest BCUT2D eigenvalue weighted by Crippen LogP contribution is 2.34. The van der Waals surface area contributed by atoms with E-state index in [0.29, 0.717) is 11.4 Å². The zero-order chi connectivity index (χ0) is 15.8. The number of carbonyl (C=O) groups is 1. The van der Waals surface area contributed by atoms with Gasteiger partial charge in [0, 0.05) is 10.3 Å². The van der Waals surface area contributed by atoms with E-state index >= 15 is 0 Å². The molecule has 0 radical (unpaired) electrons. The highest BCUT2D eigenvalue weighted by molar-refractivity contribution is 7.17. The van der Waals surface area contributed by atoms with E-state index in [9.17, 15) is 4.79 Å². The van der Waals surface area contributed by atoms with E-state index in [1.807, 2.05) is 12.1 Å². The molecular formula is C18H13N3OS. The van der Waals surface area contributed by atoms with Crippen molar-refractivity contribution in [2.75, 3.05) is 0 Å². The highest BCUT2D eigenvalue weighted by Gasteiger charge is 2.10. The molecule has 0 fully saturated rings. The Morgan fingerprint density at radius 1 is 1.04 bits per heavy atom. The Morgan fingerprint density at radius 3 is 2.70 bits per heavy atom. The van der Waals surface area contributed by atoms with E-state index in [0.717, 1.165) is 11.1 Å². The number of nitrogens with one attached hydrogen (secondary N) is 1. The Hall–Kier alpha value is -2.92. The Morgan fingerprint density at radius 2 is 1.87 bits per heavy atom. The number of nitrogens with zero attached hydrogens (tertiary/aromatic N) is 1. The third-order valence-corrected chi connectivity index (χ3v) is 4.76. The minimum atomic E-state index is -0.511. The van der Waals surface area contributed by atoms with Crippen molar-refractivity contribution in [1.82, 2.24) is 10.2 Å². The molecule has 23 heavy (non-hydrogen) atoms. The number of aromatic nitrogens is 2. The molecule has 2 aromatic carbocycles. The molecule has 0 saturated carbocycles. The smallest absolute Gasteiger partial charge is 0.266 e. The number of benzene rings is 2. The molecule has 0 saturated heterocycles. The van der Waals surface area contributed by atoms with Crippen molar-refractivity contribution in [3.05, 3.63) is 65.7 Å². The molecule has 1 amide bonds. The summed E-state index contributed by atoms with van der Waals surface area (Å²) < 4.78 is 1.27. The minimum absolute atomic E-state index is 0.311. The first kappa shape index (κ1) is 13.7. The zero-order valence-electron chi connectivity index (χ0n) is 12.1. The first-order valence-corrected chi connectivity index (χ1v) is 8.02. The van der Waals surface area contributed by atoms with Crippen LogP contribution in [-0.2, 0) is 0 Å². The van der Waals surface area contributed by atoms with E-state index in [2.05, 4.69) is 52.0 Å². The van der Waals surface area contributed by atoms with Gasteiger partial charge in [0.2, 0.25) is 0 Å². The topological polar surface area (TPSA) is 71.8 Å². The Bertz CT molecular complexity index is 1020. The lowest BCUT2D eigenvalue weighted by atomic mass is 10.0. The van der Waals surface area contributed by atoms with Crippen molar-refractivity contribution in [3.63, 3.8) is 0 Å². The van der Waals surface area contributed by atoms with E-state index in [1.165, 1.54) is 15.6 Å². The van der Waals surface area contributed by atoms with Crippen LogP contribution in [0.5, 0.6) is 0 Å². The van der Waals surface area contributed by atoms with Crippen LogP contribution in [0.4, 0.5) is 0 Å². The molecule has 3 N–H and O–H groups in total. The van der Waals surface area contributed by atoms with Gasteiger partial charge in [-0.25, -0.2) is 0 Å². The van der Waals surface area contributed by atoms with E-state index in [4.69, 9.17) is 5.73 Å². The van der Waals surface area contributed by atoms with Crippen molar-refractivity contribution in [2.45, 2.75) is 0 Å². The maximum absolute atomic E-state index is 11.2. The molecule has 0 bridgehead atoms. The lowest BCUT2D eigenvalue weighted by Crippen LogP contribution is -2.10. The van der Waals surface area contributed by atoms with Gasteiger partial charge in [-0.2, -0.15) is 5.10 Å². The maximum Gasteiger partial charge on any atom is 0.266 e. The van der Waals surface area contributed by atoms with Crippen LogP contribution in [0.15, 0.2) is 60.0 Å². The van der Waals surface area contributed by atoms with Gasteiger partial charge in [-0.15, -0.1) is 11.3 Å². The van der Waals surface area contributed by atoms with Gasteiger partial charge in [0.15, 0.2) is 0 Å². The van der Waals surface area contributed by atoms with Gasteiger partial charge in [0.1, 0.15) is 5.69 Å². The molecule has 4 nitrogen and oxygen atoms in total. The summed E-state index contributed by atoms with van der Waals surface area (Å²) in [4.78, 5) is 11.2. The summed E-state index contributed by atoms with van der Waals surface area (Å²) in [5, 5.41) is 10.2. The Balaban J connectivity index is 1.82. The third kappa shape index (κ3) is 2.41. The largest absolute Gasteiger partial charge is 0.364 e. The van der Waals surface area contributed by atoms with Crippen LogP contribution < -0.4 is 5.73 Å². The normalized spacial score (nSPS) is 11.0. The average molecular weight is 319 g/mol. The summed E-state index contributed by atoms with van der Waals surface area (Å²) in [6.07, 6.45) is 0. The number of fused-ring (bicyclic) bond motifs is 1. The van der Waals surface area contributed by atoms with Gasteiger partial charge in [-0.1, -0.05) is 36.4 Å². The monoisotopic (exact) mass is 319 g/mol. The summed E-state index contributed by atoms with van der Waals surface area (Å²) in [5.41, 5.74) is 9.55. The number of nitrogens with two attached hydrogens (primary N) is 1. The van der Waals surface area contributed by atoms with Gasteiger partial charge in [0.25, 0.3) is 5.91 Å². The number of hydrogen-bond donors (Lipinski definition) is 2. The van der Waals surface area contributed by atoms with Crippen molar-refractivity contribution in [2.24, 2.45) is 5.73 Å². The maximum atomic E-state index is 11.2. The van der Waals surface area contributed by atoms with Gasteiger partial charge >= 0.3 is 0 Å². The van der Waals surface area contributed by atoms with Gasteiger partial charge in [0.05, 0.1) is 5.69 Å². The van der Waals surface area contributed by atoms with Crippen LogP contribution in [0.2, 0.25) is 0 Å². The first-order valence-electron chi connectivity index (χ1n) is 7.14. The summed E-state index contributed by atoms with van der Waals surface area (Å²) in [7, 11) is 0. The second-order valence-electron chi connectivity index (χ2n) is 5.26. The number of thiophene rings is 1. The summed E-state index contributed by atoms with van der Waals surface area (Å²) in [6.45, 7) is 0. The molecular weight excluding hydrogens is 306 g/mol. The summed E-state index contributed by atoms with van der Waals surface area (Å²) in [6, 6.07) is 18.2. The summed E-state index contributed by atoms with van der Waals surface area (Å²) in [5.74, 6) is -0.511. The predicted molar refractivity (Wildman–Crippen MR) is 93.4 cm³/mol. The van der Waals surface area contributed by atoms with E-state index in [-0.39, 0.29) is 0 Å². The second kappa shape index (κ2) is 5.37. The van der Waals surface area contributed by atoms with Crippen molar-refractivity contribution >= 4 is 27.3 Å². The van der Waals surface area contributed by atoms with Crippen LogP contribution in [0.1, 0.15) is 10.5 Å². The molecule has 4 rings (SSSR count). The fourth-order valence-electron chi connectivity index (χ4n) is 2.66. The molecule has 0 aliphatic carbocycles. The first-order chi connectivity index (χ1) is 11.2. The molecule has 0 atom stereocenters. The molecule has 0 spiro atoms. The number of rotatable bonds is 3. The Kier molecular flexibility index (Phi) is 3.20.